The molecule has 2 aromatic heterocycles. The molecule has 7 nitrogen and oxygen atoms in total. The molecule has 1 saturated heterocycles. The Morgan fingerprint density at radius 2 is 1.82 bits per heavy atom. The molecule has 0 spiro atoms. The highest BCUT2D eigenvalue weighted by atomic mass is 16.5. The molecule has 0 unspecified atom stereocenters. The minimum absolute atomic E-state index is 0.700. The quantitative estimate of drug-likeness (QED) is 0.293. The standard InChI is InChI=1S/C27H34N6O/c1-3-24-32(4-2)22-14-13-21(19-23(22)33(24)34)25-26(20-11-7-5-8-12-20)29-30-27(25)28-15-18-31-16-9-6-10-17-31/h5,7-8,11-14,19H,3-4,6,9-10,15-18H2,1-2H3,(H2,28,29,30). The maximum Gasteiger partial charge on any atom is 0.260 e. The summed E-state index contributed by atoms with van der Waals surface area (Å²) in [6.45, 7) is 9.09. The van der Waals surface area contributed by atoms with Crippen LogP contribution in [0.5, 0.6) is 0 Å². The Balaban J connectivity index is 1.53. The van der Waals surface area contributed by atoms with Gasteiger partial charge in [-0.1, -0.05) is 43.7 Å². The Hall–Kier alpha value is -3.32. The van der Waals surface area contributed by atoms with E-state index in [9.17, 15) is 5.21 Å². The second-order valence-electron chi connectivity index (χ2n) is 9.03. The summed E-state index contributed by atoms with van der Waals surface area (Å²) >= 11 is 0. The number of imidazole rings is 1. The minimum Gasteiger partial charge on any atom is -0.710 e. The summed E-state index contributed by atoms with van der Waals surface area (Å²) in [5.74, 6) is 1.63. The van der Waals surface area contributed by atoms with Crippen LogP contribution in [0.2, 0.25) is 0 Å². The van der Waals surface area contributed by atoms with Crippen LogP contribution < -0.4 is 10.0 Å². The molecular weight excluding hydrogens is 424 g/mol. The Morgan fingerprint density at radius 3 is 2.56 bits per heavy atom. The normalized spacial score (nSPS) is 14.6. The second-order valence-corrected chi connectivity index (χ2v) is 9.03. The molecule has 0 atom stereocenters. The predicted octanol–water partition coefficient (Wildman–Crippen LogP) is 4.81. The summed E-state index contributed by atoms with van der Waals surface area (Å²) in [7, 11) is 0. The zero-order valence-electron chi connectivity index (χ0n) is 20.2. The van der Waals surface area contributed by atoms with E-state index in [2.05, 4.69) is 56.2 Å². The monoisotopic (exact) mass is 458 g/mol. The number of nitrogens with one attached hydrogen (secondary N) is 2. The van der Waals surface area contributed by atoms with Crippen LogP contribution in [0.3, 0.4) is 0 Å². The zero-order chi connectivity index (χ0) is 23.5. The number of piperidine rings is 1. The molecule has 0 saturated carbocycles. The molecular formula is C27H34N6O. The van der Waals surface area contributed by atoms with E-state index < -0.39 is 0 Å². The fourth-order valence-electron chi connectivity index (χ4n) is 5.23. The largest absolute Gasteiger partial charge is 0.710 e. The van der Waals surface area contributed by atoms with Gasteiger partial charge < -0.3 is 15.4 Å². The van der Waals surface area contributed by atoms with Crippen LogP contribution in [0.15, 0.2) is 48.5 Å². The van der Waals surface area contributed by atoms with Crippen LogP contribution in [0.1, 0.15) is 38.9 Å². The van der Waals surface area contributed by atoms with Crippen LogP contribution in [0.25, 0.3) is 33.4 Å². The van der Waals surface area contributed by atoms with Gasteiger partial charge in [0.05, 0.1) is 17.8 Å². The van der Waals surface area contributed by atoms with Crippen molar-refractivity contribution in [1.82, 2.24) is 19.7 Å². The Labute approximate surface area is 201 Å². The molecule has 5 rings (SSSR count). The summed E-state index contributed by atoms with van der Waals surface area (Å²) in [5, 5.41) is 24.6. The molecule has 2 aromatic carbocycles. The third kappa shape index (κ3) is 4.16. The van der Waals surface area contributed by atoms with Crippen molar-refractivity contribution in [1.29, 1.82) is 0 Å². The molecule has 1 aliphatic rings. The summed E-state index contributed by atoms with van der Waals surface area (Å²) in [6, 6.07) is 16.5. The lowest BCUT2D eigenvalue weighted by Crippen LogP contribution is -2.33. The molecule has 7 heteroatoms. The molecule has 1 aliphatic heterocycles. The van der Waals surface area contributed by atoms with Gasteiger partial charge in [-0.05, 0) is 56.6 Å². The summed E-state index contributed by atoms with van der Waals surface area (Å²) in [5.41, 5.74) is 5.71. The van der Waals surface area contributed by atoms with Gasteiger partial charge in [0.2, 0.25) is 0 Å². The highest BCUT2D eigenvalue weighted by Crippen LogP contribution is 2.37. The Morgan fingerprint density at radius 1 is 1.03 bits per heavy atom. The van der Waals surface area contributed by atoms with E-state index >= 15 is 0 Å². The maximum atomic E-state index is 13.1. The molecule has 0 amide bonds. The van der Waals surface area contributed by atoms with Crippen molar-refractivity contribution in [2.45, 2.75) is 46.1 Å². The van der Waals surface area contributed by atoms with Crippen molar-refractivity contribution in [2.75, 3.05) is 31.5 Å². The molecule has 1 fully saturated rings. The third-order valence-corrected chi connectivity index (χ3v) is 6.95. The number of H-pyrrole nitrogens is 1. The molecule has 0 aliphatic carbocycles. The van der Waals surface area contributed by atoms with Gasteiger partial charge in [-0.15, -0.1) is 0 Å². The summed E-state index contributed by atoms with van der Waals surface area (Å²) in [4.78, 5) is 2.52. The number of aryl methyl sites for hydroxylation is 1. The maximum absolute atomic E-state index is 13.1. The molecule has 0 radical (unpaired) electrons. The SMILES string of the molecule is CCc1n(CC)c2ccc(-c3c(NCCN4CCCCC4)n[nH]c3-c3ccccc3)cc2[n+]1[O-]. The fourth-order valence-corrected chi connectivity index (χ4v) is 5.23. The first-order chi connectivity index (χ1) is 16.7. The van der Waals surface area contributed by atoms with Crippen molar-refractivity contribution >= 4 is 16.9 Å². The van der Waals surface area contributed by atoms with Gasteiger partial charge >= 0.3 is 0 Å². The number of fused-ring (bicyclic) bond motifs is 1. The number of nitrogens with zero attached hydrogens (tertiary/aromatic N) is 4. The Kier molecular flexibility index (Phi) is 6.54. The smallest absolute Gasteiger partial charge is 0.260 e. The molecule has 3 heterocycles. The van der Waals surface area contributed by atoms with Crippen molar-refractivity contribution in [3.8, 4) is 22.4 Å². The first-order valence-corrected chi connectivity index (χ1v) is 12.6. The lowest BCUT2D eigenvalue weighted by atomic mass is 10.00. The van der Waals surface area contributed by atoms with E-state index in [4.69, 9.17) is 0 Å². The zero-order valence-corrected chi connectivity index (χ0v) is 20.2. The van der Waals surface area contributed by atoms with Crippen LogP contribution in [0.4, 0.5) is 5.82 Å². The first kappa shape index (κ1) is 22.5. The number of hydrogen-bond acceptors (Lipinski definition) is 4. The summed E-state index contributed by atoms with van der Waals surface area (Å²) in [6.07, 6.45) is 4.62. The number of aromatic nitrogens is 4. The van der Waals surface area contributed by atoms with E-state index in [1.165, 1.54) is 32.4 Å². The molecule has 2 N–H and O–H groups in total. The van der Waals surface area contributed by atoms with E-state index in [-0.39, 0.29) is 0 Å². The minimum atomic E-state index is 0.700. The highest BCUT2D eigenvalue weighted by Gasteiger charge is 2.22. The van der Waals surface area contributed by atoms with E-state index in [0.717, 1.165) is 63.9 Å². The molecule has 4 aromatic rings. The Bertz CT molecular complexity index is 1250. The number of benzene rings is 2. The van der Waals surface area contributed by atoms with Gasteiger partial charge in [0.25, 0.3) is 5.82 Å². The lowest BCUT2D eigenvalue weighted by Gasteiger charge is -2.26. The van der Waals surface area contributed by atoms with Crippen molar-refractivity contribution in [3.63, 3.8) is 0 Å². The van der Waals surface area contributed by atoms with Gasteiger partial charge in [-0.3, -0.25) is 5.10 Å². The summed E-state index contributed by atoms with van der Waals surface area (Å²) < 4.78 is 3.20. The van der Waals surface area contributed by atoms with Crippen LogP contribution in [-0.4, -0.2) is 45.8 Å². The predicted molar refractivity (Wildman–Crippen MR) is 138 cm³/mol. The topological polar surface area (TPSA) is 75.8 Å². The van der Waals surface area contributed by atoms with Gasteiger partial charge in [0.1, 0.15) is 0 Å². The van der Waals surface area contributed by atoms with Crippen LogP contribution in [0, 0.1) is 5.21 Å². The van der Waals surface area contributed by atoms with Gasteiger partial charge in [-0.25, -0.2) is 9.30 Å². The lowest BCUT2D eigenvalue weighted by molar-refractivity contribution is -0.587. The molecule has 0 bridgehead atoms. The van der Waals surface area contributed by atoms with E-state index in [1.54, 1.807) is 0 Å². The van der Waals surface area contributed by atoms with Crippen LogP contribution in [-0.2, 0) is 13.0 Å². The number of aromatic amines is 1. The number of likely N-dealkylation sites (tertiary alicyclic amines) is 1. The molecule has 178 valence electrons. The van der Waals surface area contributed by atoms with Gasteiger partial charge in [0, 0.05) is 25.1 Å². The molecule has 34 heavy (non-hydrogen) atoms. The van der Waals surface area contributed by atoms with Crippen molar-refractivity contribution in [2.24, 2.45) is 0 Å². The number of hydrogen-bond donors (Lipinski definition) is 2. The average Bonchev–Trinajstić information content (AvgIpc) is 3.43. The van der Waals surface area contributed by atoms with Gasteiger partial charge in [0.15, 0.2) is 16.9 Å². The first-order valence-electron chi connectivity index (χ1n) is 12.6. The van der Waals surface area contributed by atoms with Crippen LogP contribution >= 0.6 is 0 Å². The van der Waals surface area contributed by atoms with Crippen molar-refractivity contribution in [3.05, 3.63) is 59.6 Å². The fraction of sp³-hybridized carbons (Fsp3) is 0.407. The number of rotatable bonds is 8. The van der Waals surface area contributed by atoms with E-state index in [1.807, 2.05) is 31.2 Å². The third-order valence-electron chi connectivity index (χ3n) is 6.95. The second kappa shape index (κ2) is 9.89. The highest BCUT2D eigenvalue weighted by molar-refractivity contribution is 5.92. The van der Waals surface area contributed by atoms with E-state index in [0.29, 0.717) is 11.9 Å². The number of anilines is 1. The van der Waals surface area contributed by atoms with Gasteiger partial charge in [-0.2, -0.15) is 5.10 Å². The average molecular weight is 459 g/mol. The van der Waals surface area contributed by atoms with Crippen molar-refractivity contribution < 1.29 is 4.73 Å².